The SMILES string of the molecule is CCC(C)(C)NC(=O)COc1ccc(C#N)c(Cl)c1. The fraction of sp³-hybridized carbons (Fsp3) is 0.429. The van der Waals surface area contributed by atoms with E-state index in [0.29, 0.717) is 16.3 Å². The highest BCUT2D eigenvalue weighted by Crippen LogP contribution is 2.21. The molecule has 0 saturated carbocycles. The molecule has 0 spiro atoms. The lowest BCUT2D eigenvalue weighted by Gasteiger charge is -2.24. The predicted molar refractivity (Wildman–Crippen MR) is 74.2 cm³/mol. The summed E-state index contributed by atoms with van der Waals surface area (Å²) in [6.07, 6.45) is 0.835. The zero-order valence-electron chi connectivity index (χ0n) is 11.3. The van der Waals surface area contributed by atoms with Gasteiger partial charge in [-0.05, 0) is 32.4 Å². The molecule has 0 unspecified atom stereocenters. The van der Waals surface area contributed by atoms with E-state index in [2.05, 4.69) is 5.32 Å². The molecule has 0 bridgehead atoms. The summed E-state index contributed by atoms with van der Waals surface area (Å²) in [4.78, 5) is 11.7. The molecule has 0 aromatic heterocycles. The van der Waals surface area contributed by atoms with Crippen LogP contribution in [0.3, 0.4) is 0 Å². The molecule has 1 amide bonds. The molecule has 0 aliphatic carbocycles. The summed E-state index contributed by atoms with van der Waals surface area (Å²) in [5.74, 6) is 0.279. The third-order valence-corrected chi connectivity index (χ3v) is 3.11. The molecule has 0 radical (unpaired) electrons. The average Bonchev–Trinajstić information content (AvgIpc) is 2.36. The van der Waals surface area contributed by atoms with Gasteiger partial charge in [0, 0.05) is 11.6 Å². The Labute approximate surface area is 118 Å². The maximum absolute atomic E-state index is 11.7. The van der Waals surface area contributed by atoms with Crippen molar-refractivity contribution >= 4 is 17.5 Å². The number of ether oxygens (including phenoxy) is 1. The molecule has 1 aromatic rings. The summed E-state index contributed by atoms with van der Waals surface area (Å²) in [7, 11) is 0. The first kappa shape index (κ1) is 15.3. The van der Waals surface area contributed by atoms with Crippen LogP contribution in [-0.2, 0) is 4.79 Å². The Kier molecular flexibility index (Phi) is 5.20. The summed E-state index contributed by atoms with van der Waals surface area (Å²) in [6, 6.07) is 6.66. The summed E-state index contributed by atoms with van der Waals surface area (Å²) in [6.45, 7) is 5.82. The van der Waals surface area contributed by atoms with Gasteiger partial charge in [0.2, 0.25) is 0 Å². The van der Waals surface area contributed by atoms with Gasteiger partial charge in [0.15, 0.2) is 6.61 Å². The van der Waals surface area contributed by atoms with Gasteiger partial charge >= 0.3 is 0 Å². The number of nitrogens with one attached hydrogen (secondary N) is 1. The number of amides is 1. The van der Waals surface area contributed by atoms with E-state index in [1.165, 1.54) is 6.07 Å². The van der Waals surface area contributed by atoms with Crippen molar-refractivity contribution in [2.75, 3.05) is 6.61 Å². The second-order valence-corrected chi connectivity index (χ2v) is 5.23. The molecule has 0 aliphatic heterocycles. The van der Waals surface area contributed by atoms with Crippen molar-refractivity contribution in [2.24, 2.45) is 0 Å². The van der Waals surface area contributed by atoms with E-state index < -0.39 is 0 Å². The third kappa shape index (κ3) is 4.80. The fourth-order valence-corrected chi connectivity index (χ4v) is 1.54. The molecule has 0 fully saturated rings. The van der Waals surface area contributed by atoms with Crippen LogP contribution in [0.1, 0.15) is 32.8 Å². The van der Waals surface area contributed by atoms with Crippen LogP contribution in [0.2, 0.25) is 5.02 Å². The van der Waals surface area contributed by atoms with Gasteiger partial charge in [0.25, 0.3) is 5.91 Å². The van der Waals surface area contributed by atoms with Gasteiger partial charge in [-0.2, -0.15) is 5.26 Å². The van der Waals surface area contributed by atoms with Gasteiger partial charge in [-0.1, -0.05) is 18.5 Å². The molecule has 0 heterocycles. The molecular weight excluding hydrogens is 264 g/mol. The standard InChI is InChI=1S/C14H17ClN2O2/c1-4-14(2,3)17-13(18)9-19-11-6-5-10(8-16)12(15)7-11/h5-7H,4,9H2,1-3H3,(H,17,18). The quantitative estimate of drug-likeness (QED) is 0.902. The van der Waals surface area contributed by atoms with Crippen LogP contribution in [0, 0.1) is 11.3 Å². The molecule has 0 atom stereocenters. The monoisotopic (exact) mass is 280 g/mol. The first-order chi connectivity index (χ1) is 8.88. The van der Waals surface area contributed by atoms with Crippen LogP contribution >= 0.6 is 11.6 Å². The first-order valence-corrected chi connectivity index (χ1v) is 6.39. The van der Waals surface area contributed by atoms with E-state index in [1.807, 2.05) is 26.8 Å². The number of hydrogen-bond acceptors (Lipinski definition) is 3. The Bertz CT molecular complexity index is 507. The fourth-order valence-electron chi connectivity index (χ4n) is 1.33. The Morgan fingerprint density at radius 3 is 2.74 bits per heavy atom. The number of halogens is 1. The van der Waals surface area contributed by atoms with Crippen molar-refractivity contribution < 1.29 is 9.53 Å². The normalized spacial score (nSPS) is 10.7. The van der Waals surface area contributed by atoms with Crippen LogP contribution in [0.5, 0.6) is 5.75 Å². The minimum absolute atomic E-state index is 0.0777. The molecule has 0 saturated heterocycles. The smallest absolute Gasteiger partial charge is 0.258 e. The number of benzene rings is 1. The largest absolute Gasteiger partial charge is 0.484 e. The highest BCUT2D eigenvalue weighted by molar-refractivity contribution is 6.31. The third-order valence-electron chi connectivity index (χ3n) is 2.79. The lowest BCUT2D eigenvalue weighted by molar-refractivity contribution is -0.124. The van der Waals surface area contributed by atoms with E-state index in [-0.39, 0.29) is 18.1 Å². The Hall–Kier alpha value is -1.73. The number of nitrogens with zero attached hydrogens (tertiary/aromatic N) is 1. The summed E-state index contributed by atoms with van der Waals surface area (Å²) >= 11 is 5.87. The maximum atomic E-state index is 11.7. The number of nitriles is 1. The average molecular weight is 281 g/mol. The number of hydrogen-bond donors (Lipinski definition) is 1. The molecule has 1 rings (SSSR count). The van der Waals surface area contributed by atoms with Crippen molar-refractivity contribution in [1.82, 2.24) is 5.32 Å². The second kappa shape index (κ2) is 6.44. The Morgan fingerprint density at radius 1 is 1.53 bits per heavy atom. The van der Waals surface area contributed by atoms with Crippen molar-refractivity contribution in [2.45, 2.75) is 32.7 Å². The molecule has 1 aromatic carbocycles. The van der Waals surface area contributed by atoms with E-state index in [1.54, 1.807) is 12.1 Å². The minimum atomic E-state index is -0.247. The minimum Gasteiger partial charge on any atom is -0.484 e. The topological polar surface area (TPSA) is 62.1 Å². The number of carbonyl (C=O) groups is 1. The lowest BCUT2D eigenvalue weighted by atomic mass is 10.0. The van der Waals surface area contributed by atoms with E-state index in [9.17, 15) is 4.79 Å². The molecule has 1 N–H and O–H groups in total. The molecular formula is C14H17ClN2O2. The second-order valence-electron chi connectivity index (χ2n) is 4.83. The zero-order valence-corrected chi connectivity index (χ0v) is 12.0. The molecule has 5 heteroatoms. The van der Waals surface area contributed by atoms with Gasteiger partial charge in [-0.25, -0.2) is 0 Å². The Balaban J connectivity index is 2.56. The van der Waals surface area contributed by atoms with E-state index in [4.69, 9.17) is 21.6 Å². The lowest BCUT2D eigenvalue weighted by Crippen LogP contribution is -2.44. The van der Waals surface area contributed by atoms with Crippen LogP contribution < -0.4 is 10.1 Å². The van der Waals surface area contributed by atoms with Gasteiger partial charge in [0.1, 0.15) is 11.8 Å². The van der Waals surface area contributed by atoms with Crippen LogP contribution in [0.15, 0.2) is 18.2 Å². The highest BCUT2D eigenvalue weighted by Gasteiger charge is 2.17. The highest BCUT2D eigenvalue weighted by atomic mass is 35.5. The zero-order chi connectivity index (χ0) is 14.5. The summed E-state index contributed by atoms with van der Waals surface area (Å²) < 4.78 is 5.33. The number of rotatable bonds is 5. The van der Waals surface area contributed by atoms with Gasteiger partial charge in [0.05, 0.1) is 10.6 Å². The van der Waals surface area contributed by atoms with Crippen LogP contribution in [0.25, 0.3) is 0 Å². The molecule has 4 nitrogen and oxygen atoms in total. The van der Waals surface area contributed by atoms with Gasteiger partial charge in [-0.3, -0.25) is 4.79 Å². The predicted octanol–water partition coefficient (Wildman–Crippen LogP) is 2.90. The van der Waals surface area contributed by atoms with Crippen LogP contribution in [0.4, 0.5) is 0 Å². The van der Waals surface area contributed by atoms with Crippen molar-refractivity contribution in [3.05, 3.63) is 28.8 Å². The van der Waals surface area contributed by atoms with E-state index >= 15 is 0 Å². The van der Waals surface area contributed by atoms with Gasteiger partial charge in [-0.15, -0.1) is 0 Å². The molecule has 19 heavy (non-hydrogen) atoms. The maximum Gasteiger partial charge on any atom is 0.258 e. The molecule has 0 aliphatic rings. The number of carbonyl (C=O) groups excluding carboxylic acids is 1. The summed E-state index contributed by atoms with van der Waals surface area (Å²) in [5, 5.41) is 11.9. The summed E-state index contributed by atoms with van der Waals surface area (Å²) in [5.41, 5.74) is 0.133. The van der Waals surface area contributed by atoms with E-state index in [0.717, 1.165) is 6.42 Å². The van der Waals surface area contributed by atoms with Crippen molar-refractivity contribution in [3.8, 4) is 11.8 Å². The molecule has 102 valence electrons. The van der Waals surface area contributed by atoms with Crippen molar-refractivity contribution in [1.29, 1.82) is 5.26 Å². The Morgan fingerprint density at radius 2 is 2.21 bits per heavy atom. The van der Waals surface area contributed by atoms with Crippen molar-refractivity contribution in [3.63, 3.8) is 0 Å². The van der Waals surface area contributed by atoms with Crippen LogP contribution in [-0.4, -0.2) is 18.1 Å². The first-order valence-electron chi connectivity index (χ1n) is 6.01. The van der Waals surface area contributed by atoms with Gasteiger partial charge < -0.3 is 10.1 Å².